The van der Waals surface area contributed by atoms with E-state index < -0.39 is 0 Å². The van der Waals surface area contributed by atoms with Gasteiger partial charge in [-0.3, -0.25) is 4.79 Å². The molecule has 0 bridgehead atoms. The second-order valence-corrected chi connectivity index (χ2v) is 7.91. The molecule has 0 radical (unpaired) electrons. The van der Waals surface area contributed by atoms with Crippen LogP contribution in [-0.4, -0.2) is 17.6 Å². The number of aliphatic hydroxyl groups excluding tert-OH is 1. The van der Waals surface area contributed by atoms with Gasteiger partial charge in [-0.25, -0.2) is 0 Å². The zero-order valence-electron chi connectivity index (χ0n) is 17.1. The lowest BCUT2D eigenvalue weighted by molar-refractivity contribution is -0.124. The number of hydrogen-bond donors (Lipinski definition) is 2. The van der Waals surface area contributed by atoms with Crippen LogP contribution in [0.2, 0.25) is 0 Å². The Kier molecular flexibility index (Phi) is 17.8. The maximum Gasteiger partial charge on any atom is 0.220 e. The predicted octanol–water partition coefficient (Wildman–Crippen LogP) is 5.98. The van der Waals surface area contributed by atoms with E-state index in [0.717, 1.165) is 12.8 Å². The molecule has 3 heteroatoms. The monoisotopic (exact) mass is 355 g/mol. The maximum absolute atomic E-state index is 11.4. The molecule has 2 atom stereocenters. The molecule has 2 unspecified atom stereocenters. The van der Waals surface area contributed by atoms with Crippen molar-refractivity contribution in [2.75, 3.05) is 6.61 Å². The molecule has 0 aromatic rings. The Hall–Kier alpha value is -0.570. The van der Waals surface area contributed by atoms with E-state index in [2.05, 4.69) is 6.92 Å². The Balaban J connectivity index is 3.29. The Morgan fingerprint density at radius 2 is 1.12 bits per heavy atom. The van der Waals surface area contributed by atoms with Crippen LogP contribution in [0.25, 0.3) is 0 Å². The van der Waals surface area contributed by atoms with Gasteiger partial charge < -0.3 is 10.8 Å². The van der Waals surface area contributed by atoms with E-state index in [9.17, 15) is 9.90 Å². The summed E-state index contributed by atoms with van der Waals surface area (Å²) < 4.78 is 0. The third-order valence-electron chi connectivity index (χ3n) is 5.46. The van der Waals surface area contributed by atoms with Gasteiger partial charge in [0.2, 0.25) is 5.91 Å². The number of primary amides is 1. The van der Waals surface area contributed by atoms with Crippen molar-refractivity contribution in [2.45, 2.75) is 117 Å². The highest BCUT2D eigenvalue weighted by Crippen LogP contribution is 2.19. The molecule has 0 aliphatic rings. The fraction of sp³-hybridized carbons (Fsp3) is 0.955. The number of aliphatic hydroxyl groups is 1. The molecule has 0 heterocycles. The fourth-order valence-corrected chi connectivity index (χ4v) is 3.57. The van der Waals surface area contributed by atoms with Gasteiger partial charge in [-0.2, -0.15) is 0 Å². The molecule has 0 aliphatic carbocycles. The number of unbranched alkanes of at least 4 members (excludes halogenated alkanes) is 14. The largest absolute Gasteiger partial charge is 0.396 e. The van der Waals surface area contributed by atoms with Crippen molar-refractivity contribution in [3.05, 3.63) is 0 Å². The van der Waals surface area contributed by atoms with E-state index in [1.807, 2.05) is 6.92 Å². The molecule has 0 saturated carbocycles. The van der Waals surface area contributed by atoms with E-state index in [1.54, 1.807) is 0 Å². The molecule has 0 spiro atoms. The first kappa shape index (κ1) is 24.4. The second kappa shape index (κ2) is 18.2. The summed E-state index contributed by atoms with van der Waals surface area (Å²) in [6, 6.07) is 0. The Bertz CT molecular complexity index is 294. The topological polar surface area (TPSA) is 63.3 Å². The standard InChI is InChI=1S/C22H45NO2/c1-3-4-5-6-7-8-9-10-11-12-13-14-15-16-17-18-21(22(23)25)20(2)19-24/h20-21,24H,3-19H2,1-2H3,(H2,23,25). The minimum Gasteiger partial charge on any atom is -0.396 e. The molecule has 0 fully saturated rings. The minimum absolute atomic E-state index is 0.0101. The molecule has 0 aliphatic heterocycles. The van der Waals surface area contributed by atoms with Crippen LogP contribution in [-0.2, 0) is 4.79 Å². The highest BCUT2D eigenvalue weighted by atomic mass is 16.3. The van der Waals surface area contributed by atoms with Crippen LogP contribution in [0.5, 0.6) is 0 Å². The number of amides is 1. The summed E-state index contributed by atoms with van der Waals surface area (Å²) in [5.41, 5.74) is 5.42. The first-order chi connectivity index (χ1) is 12.1. The predicted molar refractivity (Wildman–Crippen MR) is 108 cm³/mol. The lowest BCUT2D eigenvalue weighted by atomic mass is 9.88. The SMILES string of the molecule is CCCCCCCCCCCCCCCCCC(C(N)=O)C(C)CO. The van der Waals surface area contributed by atoms with Crippen LogP contribution >= 0.6 is 0 Å². The van der Waals surface area contributed by atoms with Crippen molar-refractivity contribution in [3.8, 4) is 0 Å². The third kappa shape index (κ3) is 15.4. The summed E-state index contributed by atoms with van der Waals surface area (Å²) in [5.74, 6) is -0.428. The molecular formula is C22H45NO2. The van der Waals surface area contributed by atoms with Crippen molar-refractivity contribution >= 4 is 5.91 Å². The van der Waals surface area contributed by atoms with Crippen LogP contribution < -0.4 is 5.73 Å². The van der Waals surface area contributed by atoms with Crippen molar-refractivity contribution < 1.29 is 9.90 Å². The van der Waals surface area contributed by atoms with Gasteiger partial charge in [0.05, 0.1) is 0 Å². The first-order valence-electron chi connectivity index (χ1n) is 11.0. The van der Waals surface area contributed by atoms with E-state index >= 15 is 0 Å². The van der Waals surface area contributed by atoms with Crippen LogP contribution in [0.3, 0.4) is 0 Å². The van der Waals surface area contributed by atoms with Gasteiger partial charge in [-0.1, -0.05) is 110 Å². The zero-order chi connectivity index (χ0) is 18.8. The Labute approximate surface area is 157 Å². The summed E-state index contributed by atoms with van der Waals surface area (Å²) in [6.45, 7) is 4.22. The van der Waals surface area contributed by atoms with Gasteiger partial charge in [0.25, 0.3) is 0 Å². The number of carbonyl (C=O) groups is 1. The van der Waals surface area contributed by atoms with Crippen molar-refractivity contribution in [1.82, 2.24) is 0 Å². The van der Waals surface area contributed by atoms with Crippen molar-refractivity contribution in [1.29, 1.82) is 0 Å². The molecule has 1 amide bonds. The highest BCUT2D eigenvalue weighted by Gasteiger charge is 2.21. The molecule has 3 nitrogen and oxygen atoms in total. The Morgan fingerprint density at radius 1 is 0.760 bits per heavy atom. The van der Waals surface area contributed by atoms with Gasteiger partial charge in [0.1, 0.15) is 0 Å². The van der Waals surface area contributed by atoms with Crippen LogP contribution in [0.1, 0.15) is 117 Å². The lowest BCUT2D eigenvalue weighted by Gasteiger charge is -2.18. The van der Waals surface area contributed by atoms with Crippen LogP contribution in [0.4, 0.5) is 0 Å². The fourth-order valence-electron chi connectivity index (χ4n) is 3.57. The lowest BCUT2D eigenvalue weighted by Crippen LogP contribution is -2.30. The van der Waals surface area contributed by atoms with Crippen LogP contribution in [0.15, 0.2) is 0 Å². The molecule has 0 saturated heterocycles. The van der Waals surface area contributed by atoms with Gasteiger partial charge >= 0.3 is 0 Å². The average molecular weight is 356 g/mol. The maximum atomic E-state index is 11.4. The summed E-state index contributed by atoms with van der Waals surface area (Å²) in [7, 11) is 0. The van der Waals surface area contributed by atoms with Gasteiger partial charge in [-0.15, -0.1) is 0 Å². The number of hydrogen-bond acceptors (Lipinski definition) is 2. The summed E-state index contributed by atoms with van der Waals surface area (Å²) >= 11 is 0. The Morgan fingerprint density at radius 3 is 1.44 bits per heavy atom. The van der Waals surface area contributed by atoms with Gasteiger partial charge in [-0.05, 0) is 12.3 Å². The van der Waals surface area contributed by atoms with Crippen LogP contribution in [0, 0.1) is 11.8 Å². The van der Waals surface area contributed by atoms with Crippen molar-refractivity contribution in [2.24, 2.45) is 17.6 Å². The third-order valence-corrected chi connectivity index (χ3v) is 5.46. The number of nitrogens with two attached hydrogens (primary N) is 1. The average Bonchev–Trinajstić information content (AvgIpc) is 2.60. The summed E-state index contributed by atoms with van der Waals surface area (Å²) in [4.78, 5) is 11.4. The molecule has 0 aromatic heterocycles. The number of rotatable bonds is 19. The molecule has 0 aromatic carbocycles. The minimum atomic E-state index is -0.257. The summed E-state index contributed by atoms with van der Waals surface area (Å²) in [6.07, 6.45) is 21.1. The molecule has 25 heavy (non-hydrogen) atoms. The van der Waals surface area contributed by atoms with E-state index in [4.69, 9.17) is 5.73 Å². The summed E-state index contributed by atoms with van der Waals surface area (Å²) in [5, 5.41) is 9.17. The van der Waals surface area contributed by atoms with Gasteiger partial charge in [0.15, 0.2) is 0 Å². The van der Waals surface area contributed by atoms with E-state index in [0.29, 0.717) is 0 Å². The highest BCUT2D eigenvalue weighted by molar-refractivity contribution is 5.76. The number of carbonyl (C=O) groups excluding carboxylic acids is 1. The molecule has 3 N–H and O–H groups in total. The van der Waals surface area contributed by atoms with Gasteiger partial charge in [0, 0.05) is 12.5 Å². The zero-order valence-corrected chi connectivity index (χ0v) is 17.1. The van der Waals surface area contributed by atoms with E-state index in [1.165, 1.54) is 89.9 Å². The first-order valence-corrected chi connectivity index (χ1v) is 11.0. The molecule has 150 valence electrons. The normalized spacial score (nSPS) is 13.7. The van der Waals surface area contributed by atoms with Crippen molar-refractivity contribution in [3.63, 3.8) is 0 Å². The second-order valence-electron chi connectivity index (χ2n) is 7.91. The molecular weight excluding hydrogens is 310 g/mol. The quantitative estimate of drug-likeness (QED) is 0.280. The smallest absolute Gasteiger partial charge is 0.220 e. The molecule has 0 rings (SSSR count). The van der Waals surface area contributed by atoms with E-state index in [-0.39, 0.29) is 24.3 Å².